The minimum absolute atomic E-state index is 0.0602. The van der Waals surface area contributed by atoms with Crippen LogP contribution in [0, 0.1) is 13.8 Å². The molecule has 162 valence electrons. The van der Waals surface area contributed by atoms with E-state index in [1.165, 1.54) is 31.4 Å². The second-order valence-electron chi connectivity index (χ2n) is 6.98. The van der Waals surface area contributed by atoms with Crippen LogP contribution in [0.2, 0.25) is 0 Å². The van der Waals surface area contributed by atoms with Crippen LogP contribution in [0.15, 0.2) is 71.6 Å². The molecular weight excluding hydrogens is 416 g/mol. The van der Waals surface area contributed by atoms with E-state index >= 15 is 0 Å². The number of carbonyl (C=O) groups is 1. The fourth-order valence-corrected chi connectivity index (χ4v) is 3.86. The minimum atomic E-state index is -3.83. The first kappa shape index (κ1) is 22.2. The highest BCUT2D eigenvalue weighted by Gasteiger charge is 2.17. The second kappa shape index (κ2) is 9.53. The summed E-state index contributed by atoms with van der Waals surface area (Å²) in [5.74, 6) is 0.672. The van der Waals surface area contributed by atoms with Gasteiger partial charge in [0.15, 0.2) is 6.61 Å². The zero-order valence-electron chi connectivity index (χ0n) is 17.5. The lowest BCUT2D eigenvalue weighted by Gasteiger charge is -2.13. The van der Waals surface area contributed by atoms with Crippen LogP contribution in [0.5, 0.6) is 11.5 Å². The van der Waals surface area contributed by atoms with Crippen molar-refractivity contribution in [2.24, 2.45) is 0 Å². The molecule has 0 heterocycles. The summed E-state index contributed by atoms with van der Waals surface area (Å²) in [6, 6.07) is 18.5. The molecule has 2 N–H and O–H groups in total. The molecule has 0 aliphatic rings. The molecule has 0 saturated carbocycles. The Balaban J connectivity index is 1.63. The van der Waals surface area contributed by atoms with Gasteiger partial charge in [-0.2, -0.15) is 0 Å². The molecule has 1 amide bonds. The Morgan fingerprint density at radius 2 is 1.55 bits per heavy atom. The quantitative estimate of drug-likeness (QED) is 0.549. The molecule has 3 rings (SSSR count). The Hall–Kier alpha value is -3.52. The number of amides is 1. The number of sulfonamides is 1. The number of hydrogen-bond acceptors (Lipinski definition) is 5. The number of carbonyl (C=O) groups excluding carboxylic acids is 1. The molecule has 0 fully saturated rings. The maximum absolute atomic E-state index is 12.7. The van der Waals surface area contributed by atoms with Gasteiger partial charge in [-0.1, -0.05) is 23.8 Å². The van der Waals surface area contributed by atoms with Gasteiger partial charge in [0.25, 0.3) is 15.9 Å². The molecule has 7 nitrogen and oxygen atoms in total. The minimum Gasteiger partial charge on any atom is -0.495 e. The van der Waals surface area contributed by atoms with Gasteiger partial charge in [-0.25, -0.2) is 8.42 Å². The first-order valence-corrected chi connectivity index (χ1v) is 11.0. The Labute approximate surface area is 182 Å². The average Bonchev–Trinajstić information content (AvgIpc) is 2.74. The molecule has 0 aliphatic heterocycles. The van der Waals surface area contributed by atoms with E-state index in [0.717, 1.165) is 11.1 Å². The van der Waals surface area contributed by atoms with Gasteiger partial charge in [0.05, 0.1) is 17.7 Å². The van der Waals surface area contributed by atoms with E-state index in [2.05, 4.69) is 10.0 Å². The number of anilines is 2. The van der Waals surface area contributed by atoms with Crippen molar-refractivity contribution in [1.82, 2.24) is 0 Å². The number of methoxy groups -OCH3 is 1. The fraction of sp³-hybridized carbons (Fsp3) is 0.174. The molecule has 0 aliphatic carbocycles. The zero-order valence-corrected chi connectivity index (χ0v) is 18.3. The summed E-state index contributed by atoms with van der Waals surface area (Å²) < 4.78 is 38.6. The fourth-order valence-electron chi connectivity index (χ4n) is 2.80. The maximum atomic E-state index is 12.7. The molecule has 3 aromatic rings. The van der Waals surface area contributed by atoms with E-state index < -0.39 is 10.0 Å². The molecule has 0 aromatic heterocycles. The van der Waals surface area contributed by atoms with Crippen LogP contribution >= 0.6 is 0 Å². The van der Waals surface area contributed by atoms with E-state index in [1.807, 2.05) is 32.0 Å². The predicted octanol–water partition coefficient (Wildman–Crippen LogP) is 4.13. The Morgan fingerprint density at radius 1 is 0.903 bits per heavy atom. The summed E-state index contributed by atoms with van der Waals surface area (Å²) in [4.78, 5) is 12.2. The molecule has 0 bridgehead atoms. The summed E-state index contributed by atoms with van der Waals surface area (Å²) in [6.07, 6.45) is 0. The number of nitrogens with one attached hydrogen (secondary N) is 2. The Bertz CT molecular complexity index is 1160. The molecule has 0 unspecified atom stereocenters. The first-order chi connectivity index (χ1) is 14.8. The standard InChI is InChI=1S/C23H24N2O5S/c1-16-4-9-19(10-5-16)30-15-23(26)24-18-7-11-20(12-8-18)31(27,28)25-21-14-17(2)6-13-22(21)29-3/h4-14,25H,15H2,1-3H3,(H,24,26). The van der Waals surface area contributed by atoms with Crippen molar-refractivity contribution >= 4 is 27.3 Å². The third-order valence-electron chi connectivity index (χ3n) is 4.44. The normalized spacial score (nSPS) is 10.9. The zero-order chi connectivity index (χ0) is 22.4. The largest absolute Gasteiger partial charge is 0.495 e. The van der Waals surface area contributed by atoms with Crippen molar-refractivity contribution in [3.63, 3.8) is 0 Å². The van der Waals surface area contributed by atoms with Crippen LogP contribution in [-0.2, 0) is 14.8 Å². The monoisotopic (exact) mass is 440 g/mol. The van der Waals surface area contributed by atoms with Gasteiger partial charge in [-0.3, -0.25) is 9.52 Å². The van der Waals surface area contributed by atoms with Crippen LogP contribution in [0.25, 0.3) is 0 Å². The van der Waals surface area contributed by atoms with E-state index in [1.54, 1.807) is 24.3 Å². The van der Waals surface area contributed by atoms with Crippen molar-refractivity contribution in [2.45, 2.75) is 18.7 Å². The molecular formula is C23H24N2O5S. The van der Waals surface area contributed by atoms with Crippen LogP contribution in [0.3, 0.4) is 0 Å². The van der Waals surface area contributed by atoms with E-state index in [4.69, 9.17) is 9.47 Å². The Morgan fingerprint density at radius 3 is 2.19 bits per heavy atom. The lowest BCUT2D eigenvalue weighted by atomic mass is 10.2. The smallest absolute Gasteiger partial charge is 0.262 e. The molecule has 0 atom stereocenters. The van der Waals surface area contributed by atoms with Crippen LogP contribution in [0.1, 0.15) is 11.1 Å². The van der Waals surface area contributed by atoms with Crippen molar-refractivity contribution in [3.05, 3.63) is 77.9 Å². The van der Waals surface area contributed by atoms with Gasteiger partial charge in [0, 0.05) is 5.69 Å². The average molecular weight is 441 g/mol. The van der Waals surface area contributed by atoms with Crippen molar-refractivity contribution in [2.75, 3.05) is 23.8 Å². The third kappa shape index (κ3) is 5.99. The van der Waals surface area contributed by atoms with Crippen LogP contribution < -0.4 is 19.5 Å². The van der Waals surface area contributed by atoms with Crippen molar-refractivity contribution in [3.8, 4) is 11.5 Å². The summed E-state index contributed by atoms with van der Waals surface area (Å²) in [6.45, 7) is 3.67. The maximum Gasteiger partial charge on any atom is 0.262 e. The summed E-state index contributed by atoms with van der Waals surface area (Å²) in [5, 5.41) is 2.68. The highest BCUT2D eigenvalue weighted by atomic mass is 32.2. The molecule has 0 saturated heterocycles. The number of aryl methyl sites for hydroxylation is 2. The number of rotatable bonds is 8. The molecule has 3 aromatic carbocycles. The molecule has 8 heteroatoms. The SMILES string of the molecule is COc1ccc(C)cc1NS(=O)(=O)c1ccc(NC(=O)COc2ccc(C)cc2)cc1. The van der Waals surface area contributed by atoms with Crippen LogP contribution in [0.4, 0.5) is 11.4 Å². The van der Waals surface area contributed by atoms with Gasteiger partial charge in [-0.05, 0) is 67.9 Å². The van der Waals surface area contributed by atoms with Gasteiger partial charge in [-0.15, -0.1) is 0 Å². The summed E-state index contributed by atoms with van der Waals surface area (Å²) in [7, 11) is -2.35. The van der Waals surface area contributed by atoms with Crippen molar-refractivity contribution < 1.29 is 22.7 Å². The Kier molecular flexibility index (Phi) is 6.81. The lowest BCUT2D eigenvalue weighted by molar-refractivity contribution is -0.118. The number of benzene rings is 3. The number of ether oxygens (including phenoxy) is 2. The van der Waals surface area contributed by atoms with Gasteiger partial charge in [0.1, 0.15) is 11.5 Å². The van der Waals surface area contributed by atoms with Crippen LogP contribution in [-0.4, -0.2) is 28.0 Å². The van der Waals surface area contributed by atoms with E-state index in [0.29, 0.717) is 22.9 Å². The highest BCUT2D eigenvalue weighted by Crippen LogP contribution is 2.28. The highest BCUT2D eigenvalue weighted by molar-refractivity contribution is 7.92. The van der Waals surface area contributed by atoms with Gasteiger partial charge >= 0.3 is 0 Å². The van der Waals surface area contributed by atoms with Gasteiger partial charge in [0.2, 0.25) is 0 Å². The topological polar surface area (TPSA) is 93.7 Å². The second-order valence-corrected chi connectivity index (χ2v) is 8.67. The molecule has 0 radical (unpaired) electrons. The molecule has 31 heavy (non-hydrogen) atoms. The summed E-state index contributed by atoms with van der Waals surface area (Å²) in [5.41, 5.74) is 2.81. The number of hydrogen-bond donors (Lipinski definition) is 2. The van der Waals surface area contributed by atoms with E-state index in [9.17, 15) is 13.2 Å². The first-order valence-electron chi connectivity index (χ1n) is 9.54. The van der Waals surface area contributed by atoms with Crippen molar-refractivity contribution in [1.29, 1.82) is 0 Å². The van der Waals surface area contributed by atoms with E-state index in [-0.39, 0.29) is 17.4 Å². The third-order valence-corrected chi connectivity index (χ3v) is 5.82. The molecule has 0 spiro atoms. The predicted molar refractivity (Wildman–Crippen MR) is 120 cm³/mol. The lowest BCUT2D eigenvalue weighted by Crippen LogP contribution is -2.20. The summed E-state index contributed by atoms with van der Waals surface area (Å²) >= 11 is 0. The van der Waals surface area contributed by atoms with Gasteiger partial charge < -0.3 is 14.8 Å².